The second-order valence-electron chi connectivity index (χ2n) is 1.56. The molecule has 36 valence electrons. The van der Waals surface area contributed by atoms with E-state index in [1.54, 1.807) is 6.20 Å². The van der Waals surface area contributed by atoms with Crippen molar-refractivity contribution in [3.8, 4) is 0 Å². The molecule has 2 nitrogen and oxygen atoms in total. The van der Waals surface area contributed by atoms with Crippen molar-refractivity contribution in [2.45, 2.75) is 6.92 Å². The van der Waals surface area contributed by atoms with Crippen LogP contribution in [0.25, 0.3) is 0 Å². The van der Waals surface area contributed by atoms with E-state index >= 15 is 0 Å². The molecular formula is C4H6BNO. The molecule has 0 aromatic carbocycles. The van der Waals surface area contributed by atoms with E-state index in [1.165, 1.54) is 0 Å². The summed E-state index contributed by atoms with van der Waals surface area (Å²) in [5.74, 6) is 0. The van der Waals surface area contributed by atoms with Crippen LogP contribution in [-0.4, -0.2) is 13.0 Å². The van der Waals surface area contributed by atoms with Gasteiger partial charge >= 0.3 is 0 Å². The molecule has 1 heterocycles. The molecule has 0 saturated carbocycles. The van der Waals surface area contributed by atoms with Crippen molar-refractivity contribution < 1.29 is 4.52 Å². The summed E-state index contributed by atoms with van der Waals surface area (Å²) in [5.41, 5.74) is 2.01. The van der Waals surface area contributed by atoms with Crippen LogP contribution in [0.3, 0.4) is 0 Å². The predicted octanol–water partition coefficient (Wildman–Crippen LogP) is -0.759. The van der Waals surface area contributed by atoms with Crippen molar-refractivity contribution in [2.75, 3.05) is 0 Å². The largest absolute Gasteiger partial charge is 0.372 e. The molecule has 0 amide bonds. The topological polar surface area (TPSA) is 26.0 Å². The highest BCUT2D eigenvalue weighted by Crippen LogP contribution is 1.84. The molecule has 0 saturated heterocycles. The van der Waals surface area contributed by atoms with Crippen molar-refractivity contribution >= 4 is 13.5 Å². The summed E-state index contributed by atoms with van der Waals surface area (Å²) in [5, 5.41) is 3.55. The van der Waals surface area contributed by atoms with Gasteiger partial charge in [0.2, 0.25) is 0 Å². The van der Waals surface area contributed by atoms with Gasteiger partial charge in [-0.05, 0) is 6.92 Å². The number of hydrogen-bond donors (Lipinski definition) is 0. The minimum absolute atomic E-state index is 0.903. The van der Waals surface area contributed by atoms with Gasteiger partial charge in [0.05, 0.1) is 11.9 Å². The van der Waals surface area contributed by atoms with E-state index in [4.69, 9.17) is 4.52 Å². The van der Waals surface area contributed by atoms with Gasteiger partial charge in [0.1, 0.15) is 0 Å². The lowest BCUT2D eigenvalue weighted by Gasteiger charge is -1.75. The monoisotopic (exact) mass is 95.1 g/mol. The molecule has 0 spiro atoms. The van der Waals surface area contributed by atoms with Crippen LogP contribution >= 0.6 is 0 Å². The molecule has 0 radical (unpaired) electrons. The van der Waals surface area contributed by atoms with Crippen LogP contribution in [0.5, 0.6) is 0 Å². The van der Waals surface area contributed by atoms with Gasteiger partial charge in [0.25, 0.3) is 0 Å². The SMILES string of the molecule is Bc1oncc1C. The smallest absolute Gasteiger partial charge is 0.190 e. The molecule has 0 aliphatic carbocycles. The number of hydrogen-bond acceptors (Lipinski definition) is 2. The first-order valence-corrected chi connectivity index (χ1v) is 2.18. The average molecular weight is 94.9 g/mol. The predicted molar refractivity (Wildman–Crippen MR) is 29.4 cm³/mol. The first kappa shape index (κ1) is 4.43. The number of rotatable bonds is 0. The van der Waals surface area contributed by atoms with Gasteiger partial charge in [-0.25, -0.2) is 0 Å². The maximum Gasteiger partial charge on any atom is 0.190 e. The molecule has 1 rings (SSSR count). The fourth-order valence-electron chi connectivity index (χ4n) is 0.347. The summed E-state index contributed by atoms with van der Waals surface area (Å²) in [6.07, 6.45) is 1.70. The Labute approximate surface area is 42.9 Å². The van der Waals surface area contributed by atoms with Crippen molar-refractivity contribution in [3.05, 3.63) is 11.8 Å². The Hall–Kier alpha value is -0.725. The molecule has 0 fully saturated rings. The van der Waals surface area contributed by atoms with E-state index in [0.29, 0.717) is 0 Å². The Morgan fingerprint density at radius 3 is 2.71 bits per heavy atom. The van der Waals surface area contributed by atoms with Crippen molar-refractivity contribution in [1.82, 2.24) is 5.16 Å². The third-order valence-corrected chi connectivity index (χ3v) is 0.991. The Bertz CT molecular complexity index is 144. The summed E-state index contributed by atoms with van der Waals surface area (Å²) in [7, 11) is 1.89. The Morgan fingerprint density at radius 2 is 2.57 bits per heavy atom. The molecule has 0 aliphatic heterocycles. The maximum absolute atomic E-state index is 4.71. The highest BCUT2D eigenvalue weighted by atomic mass is 16.5. The highest BCUT2D eigenvalue weighted by Gasteiger charge is 1.91. The number of aryl methyl sites for hydroxylation is 1. The van der Waals surface area contributed by atoms with Gasteiger partial charge in [-0.3, -0.25) is 0 Å². The zero-order chi connectivity index (χ0) is 5.28. The fourth-order valence-corrected chi connectivity index (χ4v) is 0.347. The molecule has 1 aromatic rings. The lowest BCUT2D eigenvalue weighted by molar-refractivity contribution is 0.446. The minimum Gasteiger partial charge on any atom is -0.372 e. The molecule has 0 bridgehead atoms. The van der Waals surface area contributed by atoms with Crippen molar-refractivity contribution in [2.24, 2.45) is 0 Å². The van der Waals surface area contributed by atoms with Gasteiger partial charge in [-0.2, -0.15) is 0 Å². The van der Waals surface area contributed by atoms with Crippen LogP contribution < -0.4 is 5.66 Å². The molecule has 0 N–H and O–H groups in total. The van der Waals surface area contributed by atoms with Crippen molar-refractivity contribution in [3.63, 3.8) is 0 Å². The zero-order valence-corrected chi connectivity index (χ0v) is 4.43. The van der Waals surface area contributed by atoms with Crippen LogP contribution in [-0.2, 0) is 0 Å². The van der Waals surface area contributed by atoms with Crippen LogP contribution in [0.4, 0.5) is 0 Å². The van der Waals surface area contributed by atoms with Crippen LogP contribution in [0.2, 0.25) is 0 Å². The Morgan fingerprint density at radius 1 is 1.86 bits per heavy atom. The molecule has 0 aliphatic rings. The number of aromatic nitrogens is 1. The molecule has 1 aromatic heterocycles. The first-order chi connectivity index (χ1) is 3.30. The summed E-state index contributed by atoms with van der Waals surface area (Å²) in [6, 6.07) is 0. The highest BCUT2D eigenvalue weighted by molar-refractivity contribution is 6.30. The van der Waals surface area contributed by atoms with Gasteiger partial charge < -0.3 is 4.52 Å². The van der Waals surface area contributed by atoms with Crippen molar-refractivity contribution in [1.29, 1.82) is 0 Å². The zero-order valence-electron chi connectivity index (χ0n) is 4.43. The maximum atomic E-state index is 4.71. The Kier molecular flexibility index (Phi) is 0.892. The van der Waals surface area contributed by atoms with Gasteiger partial charge in [-0.15, -0.1) is 0 Å². The van der Waals surface area contributed by atoms with E-state index < -0.39 is 0 Å². The van der Waals surface area contributed by atoms with E-state index in [0.717, 1.165) is 11.2 Å². The van der Waals surface area contributed by atoms with Crippen LogP contribution in [0.1, 0.15) is 5.56 Å². The van der Waals surface area contributed by atoms with E-state index in [2.05, 4.69) is 5.16 Å². The van der Waals surface area contributed by atoms with Crippen LogP contribution in [0.15, 0.2) is 10.7 Å². The van der Waals surface area contributed by atoms with Gasteiger partial charge in [0, 0.05) is 5.56 Å². The quantitative estimate of drug-likeness (QED) is 0.396. The second-order valence-corrected chi connectivity index (χ2v) is 1.56. The summed E-state index contributed by atoms with van der Waals surface area (Å²) in [4.78, 5) is 0. The summed E-state index contributed by atoms with van der Waals surface area (Å²) in [6.45, 7) is 1.96. The summed E-state index contributed by atoms with van der Waals surface area (Å²) < 4.78 is 4.71. The van der Waals surface area contributed by atoms with E-state index in [1.807, 2.05) is 14.8 Å². The fraction of sp³-hybridized carbons (Fsp3) is 0.250. The standard InChI is InChI=1S/C4H6BNO/c1-3-2-6-7-4(3)5/h2H,5H2,1H3. The van der Waals surface area contributed by atoms with Gasteiger partial charge in [0.15, 0.2) is 7.85 Å². The van der Waals surface area contributed by atoms with E-state index in [9.17, 15) is 0 Å². The number of nitrogens with zero attached hydrogens (tertiary/aromatic N) is 1. The minimum atomic E-state index is 0.903. The molecule has 7 heavy (non-hydrogen) atoms. The summed E-state index contributed by atoms with van der Waals surface area (Å²) >= 11 is 0. The Balaban J connectivity index is 3.12. The lowest BCUT2D eigenvalue weighted by Crippen LogP contribution is -1.99. The molecule has 3 heteroatoms. The average Bonchev–Trinajstić information content (AvgIpc) is 1.91. The molecule has 0 unspecified atom stereocenters. The molecular weight excluding hydrogens is 88.9 g/mol. The first-order valence-electron chi connectivity index (χ1n) is 2.18. The van der Waals surface area contributed by atoms with Crippen LogP contribution in [0, 0.1) is 6.92 Å². The molecule has 0 atom stereocenters. The third kappa shape index (κ3) is 0.658. The third-order valence-electron chi connectivity index (χ3n) is 0.991. The lowest BCUT2D eigenvalue weighted by atomic mass is 10.0. The van der Waals surface area contributed by atoms with Gasteiger partial charge in [-0.1, -0.05) is 5.16 Å². The van der Waals surface area contributed by atoms with E-state index in [-0.39, 0.29) is 0 Å². The second kappa shape index (κ2) is 1.41. The normalized spacial score (nSPS) is 9.29.